The van der Waals surface area contributed by atoms with Crippen LogP contribution in [0.25, 0.3) is 0 Å². The molecule has 0 aromatic heterocycles. The second-order valence-corrected chi connectivity index (χ2v) is 6.29. The molecule has 1 aromatic rings. The van der Waals surface area contributed by atoms with Gasteiger partial charge in [-0.25, -0.2) is 8.78 Å². The third kappa shape index (κ3) is 5.02. The van der Waals surface area contributed by atoms with Gasteiger partial charge in [0, 0.05) is 18.7 Å². The molecule has 2 atom stereocenters. The predicted molar refractivity (Wildman–Crippen MR) is 78.8 cm³/mol. The van der Waals surface area contributed by atoms with Gasteiger partial charge in [-0.2, -0.15) is 0 Å². The zero-order chi connectivity index (χ0) is 15.5. The Labute approximate surface area is 124 Å². The van der Waals surface area contributed by atoms with Gasteiger partial charge in [0.25, 0.3) is 0 Å². The van der Waals surface area contributed by atoms with E-state index in [1.807, 2.05) is 6.92 Å². The molecular weight excluding hydrogens is 274 g/mol. The van der Waals surface area contributed by atoms with Crippen LogP contribution in [-0.4, -0.2) is 35.2 Å². The third-order valence-corrected chi connectivity index (χ3v) is 4.23. The molecule has 1 aromatic carbocycles. The first-order valence-corrected chi connectivity index (χ1v) is 7.52. The summed E-state index contributed by atoms with van der Waals surface area (Å²) in [7, 11) is 0. The van der Waals surface area contributed by atoms with Crippen molar-refractivity contribution in [1.82, 2.24) is 4.90 Å². The molecule has 1 heterocycles. The van der Waals surface area contributed by atoms with Crippen LogP contribution in [0, 0.1) is 11.6 Å². The molecule has 3 N–H and O–H groups in total. The Hall–Kier alpha value is -1.04. The lowest BCUT2D eigenvalue weighted by Crippen LogP contribution is -2.30. The van der Waals surface area contributed by atoms with Crippen LogP contribution in [0.4, 0.5) is 8.78 Å². The first kappa shape index (κ1) is 16.3. The van der Waals surface area contributed by atoms with Gasteiger partial charge < -0.3 is 15.7 Å². The van der Waals surface area contributed by atoms with Gasteiger partial charge in [-0.15, -0.1) is 0 Å². The molecule has 118 valence electrons. The SMILES string of the molecule is CC1(O)CCCN(CCC(N)c2cc(F)cc(F)c2)CC1. The third-order valence-electron chi connectivity index (χ3n) is 4.23. The highest BCUT2D eigenvalue weighted by atomic mass is 19.1. The van der Waals surface area contributed by atoms with Crippen molar-refractivity contribution >= 4 is 0 Å². The molecule has 1 fully saturated rings. The summed E-state index contributed by atoms with van der Waals surface area (Å²) in [5, 5.41) is 10.1. The lowest BCUT2D eigenvalue weighted by molar-refractivity contribution is 0.0446. The van der Waals surface area contributed by atoms with Crippen molar-refractivity contribution < 1.29 is 13.9 Å². The van der Waals surface area contributed by atoms with Crippen molar-refractivity contribution in [3.63, 3.8) is 0 Å². The average molecular weight is 298 g/mol. The van der Waals surface area contributed by atoms with E-state index in [-0.39, 0.29) is 6.04 Å². The minimum atomic E-state index is -0.591. The van der Waals surface area contributed by atoms with Crippen LogP contribution >= 0.6 is 0 Å². The van der Waals surface area contributed by atoms with Crippen LogP contribution in [0.3, 0.4) is 0 Å². The predicted octanol–water partition coefficient (Wildman–Crippen LogP) is 2.59. The maximum atomic E-state index is 13.2. The summed E-state index contributed by atoms with van der Waals surface area (Å²) in [6.07, 6.45) is 3.16. The maximum absolute atomic E-state index is 13.2. The van der Waals surface area contributed by atoms with Crippen LogP contribution in [-0.2, 0) is 0 Å². The maximum Gasteiger partial charge on any atom is 0.126 e. The Morgan fingerprint density at radius 1 is 1.24 bits per heavy atom. The van der Waals surface area contributed by atoms with Gasteiger partial charge in [0.05, 0.1) is 5.60 Å². The molecule has 0 radical (unpaired) electrons. The van der Waals surface area contributed by atoms with Gasteiger partial charge in [-0.3, -0.25) is 0 Å². The van der Waals surface area contributed by atoms with Crippen molar-refractivity contribution in [3.8, 4) is 0 Å². The molecule has 5 heteroatoms. The summed E-state index contributed by atoms with van der Waals surface area (Å²) in [5.74, 6) is -1.18. The molecule has 1 saturated heterocycles. The molecular formula is C16H24F2N2O. The van der Waals surface area contributed by atoms with Crippen LogP contribution in [0.15, 0.2) is 18.2 Å². The highest BCUT2D eigenvalue weighted by molar-refractivity contribution is 5.21. The van der Waals surface area contributed by atoms with E-state index in [4.69, 9.17) is 5.73 Å². The summed E-state index contributed by atoms with van der Waals surface area (Å²) >= 11 is 0. The van der Waals surface area contributed by atoms with Crippen molar-refractivity contribution in [2.45, 2.75) is 44.2 Å². The van der Waals surface area contributed by atoms with E-state index in [0.717, 1.165) is 45.0 Å². The number of hydrogen-bond donors (Lipinski definition) is 2. The molecule has 0 saturated carbocycles. The van der Waals surface area contributed by atoms with Crippen molar-refractivity contribution in [3.05, 3.63) is 35.4 Å². The number of likely N-dealkylation sites (tertiary alicyclic amines) is 1. The van der Waals surface area contributed by atoms with Gasteiger partial charge in [0.2, 0.25) is 0 Å². The number of aliphatic hydroxyl groups is 1. The van der Waals surface area contributed by atoms with E-state index in [0.29, 0.717) is 12.0 Å². The summed E-state index contributed by atoms with van der Waals surface area (Å²) in [6.45, 7) is 4.41. The van der Waals surface area contributed by atoms with Crippen LogP contribution in [0.5, 0.6) is 0 Å². The minimum absolute atomic E-state index is 0.376. The molecule has 0 spiro atoms. The molecule has 0 aliphatic carbocycles. The number of halogens is 2. The lowest BCUT2D eigenvalue weighted by atomic mass is 9.98. The number of benzene rings is 1. The van der Waals surface area contributed by atoms with E-state index >= 15 is 0 Å². The first-order valence-electron chi connectivity index (χ1n) is 7.52. The largest absolute Gasteiger partial charge is 0.390 e. The highest BCUT2D eigenvalue weighted by Crippen LogP contribution is 2.23. The van der Waals surface area contributed by atoms with E-state index in [1.165, 1.54) is 12.1 Å². The van der Waals surface area contributed by atoms with Crippen molar-refractivity contribution in [1.29, 1.82) is 0 Å². The summed E-state index contributed by atoms with van der Waals surface area (Å²) in [6, 6.07) is 3.06. The van der Waals surface area contributed by atoms with Gasteiger partial charge in [-0.05, 0) is 63.4 Å². The highest BCUT2D eigenvalue weighted by Gasteiger charge is 2.25. The van der Waals surface area contributed by atoms with Gasteiger partial charge >= 0.3 is 0 Å². The van der Waals surface area contributed by atoms with E-state index < -0.39 is 17.2 Å². The standard InChI is InChI=1S/C16H24F2N2O/c1-16(21)4-2-6-20(8-5-16)7-3-15(19)12-9-13(17)11-14(18)10-12/h9-11,15,21H,2-8,19H2,1H3. The fourth-order valence-corrected chi connectivity index (χ4v) is 2.82. The molecule has 2 unspecified atom stereocenters. The second kappa shape index (κ2) is 6.81. The van der Waals surface area contributed by atoms with E-state index in [1.54, 1.807) is 0 Å². The Kier molecular flexibility index (Phi) is 5.30. The molecule has 0 bridgehead atoms. The fraction of sp³-hybridized carbons (Fsp3) is 0.625. The second-order valence-electron chi connectivity index (χ2n) is 6.29. The number of nitrogens with zero attached hydrogens (tertiary/aromatic N) is 1. The quantitative estimate of drug-likeness (QED) is 0.898. The van der Waals surface area contributed by atoms with E-state index in [9.17, 15) is 13.9 Å². The zero-order valence-corrected chi connectivity index (χ0v) is 12.5. The summed E-state index contributed by atoms with van der Waals surface area (Å²) in [5.41, 5.74) is 5.95. The Bertz CT molecular complexity index is 459. The molecule has 3 nitrogen and oxygen atoms in total. The molecule has 21 heavy (non-hydrogen) atoms. The van der Waals surface area contributed by atoms with Crippen LogP contribution in [0.2, 0.25) is 0 Å². The van der Waals surface area contributed by atoms with Crippen molar-refractivity contribution in [2.24, 2.45) is 5.73 Å². The van der Waals surface area contributed by atoms with Gasteiger partial charge in [0.1, 0.15) is 11.6 Å². The average Bonchev–Trinajstić information content (AvgIpc) is 2.56. The Morgan fingerprint density at radius 3 is 2.57 bits per heavy atom. The monoisotopic (exact) mass is 298 g/mol. The molecule has 0 amide bonds. The molecule has 1 aliphatic rings. The van der Waals surface area contributed by atoms with E-state index in [2.05, 4.69) is 4.90 Å². The summed E-state index contributed by atoms with van der Waals surface area (Å²) < 4.78 is 26.4. The molecule has 2 rings (SSSR count). The summed E-state index contributed by atoms with van der Waals surface area (Å²) in [4.78, 5) is 2.26. The minimum Gasteiger partial charge on any atom is -0.390 e. The van der Waals surface area contributed by atoms with Crippen LogP contribution < -0.4 is 5.73 Å². The smallest absolute Gasteiger partial charge is 0.126 e. The number of hydrogen-bond acceptors (Lipinski definition) is 3. The van der Waals surface area contributed by atoms with Crippen molar-refractivity contribution in [2.75, 3.05) is 19.6 Å². The fourth-order valence-electron chi connectivity index (χ4n) is 2.82. The first-order chi connectivity index (χ1) is 9.85. The number of rotatable bonds is 4. The lowest BCUT2D eigenvalue weighted by Gasteiger charge is -2.23. The Balaban J connectivity index is 1.87. The van der Waals surface area contributed by atoms with Gasteiger partial charge in [0.15, 0.2) is 0 Å². The zero-order valence-electron chi connectivity index (χ0n) is 12.5. The number of nitrogens with two attached hydrogens (primary N) is 1. The van der Waals surface area contributed by atoms with Gasteiger partial charge in [-0.1, -0.05) is 0 Å². The van der Waals surface area contributed by atoms with Crippen LogP contribution in [0.1, 0.15) is 44.2 Å². The normalized spacial score (nSPS) is 25.6. The molecule has 1 aliphatic heterocycles. The topological polar surface area (TPSA) is 49.5 Å². The Morgan fingerprint density at radius 2 is 1.90 bits per heavy atom.